The van der Waals surface area contributed by atoms with E-state index in [0.717, 1.165) is 0 Å². The van der Waals surface area contributed by atoms with Crippen LogP contribution in [0.4, 0.5) is 11.4 Å². The molecule has 1 aromatic carbocycles. The fraction of sp³-hybridized carbons (Fsp3) is 0.417. The maximum Gasteiger partial charge on any atom is 0.242 e. The van der Waals surface area contributed by atoms with Crippen molar-refractivity contribution >= 4 is 28.9 Å². The highest BCUT2D eigenvalue weighted by Crippen LogP contribution is 2.24. The van der Waals surface area contributed by atoms with Gasteiger partial charge in [-0.2, -0.15) is 0 Å². The summed E-state index contributed by atoms with van der Waals surface area (Å²) < 4.78 is 0. The normalized spacial score (nSPS) is 12.3. The highest BCUT2D eigenvalue weighted by molar-refractivity contribution is 6.33. The lowest BCUT2D eigenvalue weighted by Gasteiger charge is -2.17. The Hall–Kier alpha value is -1.42. The number of amides is 1. The SMILES string of the molecule is CC(C)NC(=O)C(C)Nc1ccc(N)cc1Cl. The predicted molar refractivity (Wildman–Crippen MR) is 72.2 cm³/mol. The van der Waals surface area contributed by atoms with Crippen molar-refractivity contribution in [3.63, 3.8) is 0 Å². The number of halogens is 1. The third kappa shape index (κ3) is 4.15. The van der Waals surface area contributed by atoms with Crippen molar-refractivity contribution in [3.8, 4) is 0 Å². The molecule has 0 saturated carbocycles. The number of carbonyl (C=O) groups excluding carboxylic acids is 1. The lowest BCUT2D eigenvalue weighted by atomic mass is 10.2. The molecule has 1 aromatic rings. The van der Waals surface area contributed by atoms with Crippen LogP contribution in [0.25, 0.3) is 0 Å². The Morgan fingerprint density at radius 2 is 2.00 bits per heavy atom. The summed E-state index contributed by atoms with van der Waals surface area (Å²) >= 11 is 6.01. The number of rotatable bonds is 4. The van der Waals surface area contributed by atoms with Gasteiger partial charge in [0, 0.05) is 11.7 Å². The van der Waals surface area contributed by atoms with Crippen molar-refractivity contribution in [2.45, 2.75) is 32.9 Å². The van der Waals surface area contributed by atoms with Gasteiger partial charge in [-0.15, -0.1) is 0 Å². The summed E-state index contributed by atoms with van der Waals surface area (Å²) in [5, 5.41) is 6.38. The highest BCUT2D eigenvalue weighted by atomic mass is 35.5. The first-order valence-corrected chi connectivity index (χ1v) is 5.90. The molecular formula is C12H18ClN3O. The average Bonchev–Trinajstić information content (AvgIpc) is 2.21. The summed E-state index contributed by atoms with van der Waals surface area (Å²) in [6.45, 7) is 5.62. The summed E-state index contributed by atoms with van der Waals surface area (Å²) in [5.74, 6) is -0.0621. The van der Waals surface area contributed by atoms with Gasteiger partial charge in [0.1, 0.15) is 6.04 Å². The minimum absolute atomic E-state index is 0.0621. The molecule has 0 spiro atoms. The predicted octanol–water partition coefficient (Wildman–Crippen LogP) is 2.25. The summed E-state index contributed by atoms with van der Waals surface area (Å²) in [6, 6.07) is 4.92. The molecule has 94 valence electrons. The molecule has 0 heterocycles. The number of anilines is 2. The number of nitrogen functional groups attached to an aromatic ring is 1. The van der Waals surface area contributed by atoms with E-state index >= 15 is 0 Å². The number of carbonyl (C=O) groups is 1. The summed E-state index contributed by atoms with van der Waals surface area (Å²) in [5.41, 5.74) is 6.89. The van der Waals surface area contributed by atoms with E-state index in [-0.39, 0.29) is 18.0 Å². The second-order valence-corrected chi connectivity index (χ2v) is 4.68. The van der Waals surface area contributed by atoms with Gasteiger partial charge in [0.2, 0.25) is 5.91 Å². The van der Waals surface area contributed by atoms with Crippen LogP contribution in [0.5, 0.6) is 0 Å². The van der Waals surface area contributed by atoms with Crippen LogP contribution in [0.2, 0.25) is 5.02 Å². The van der Waals surface area contributed by atoms with E-state index < -0.39 is 0 Å². The van der Waals surface area contributed by atoms with E-state index in [1.54, 1.807) is 25.1 Å². The molecule has 1 atom stereocenters. The molecule has 0 aliphatic rings. The van der Waals surface area contributed by atoms with Gasteiger partial charge in [-0.3, -0.25) is 4.79 Å². The minimum atomic E-state index is -0.349. The number of nitrogens with one attached hydrogen (secondary N) is 2. The average molecular weight is 256 g/mol. The molecule has 1 rings (SSSR count). The van der Waals surface area contributed by atoms with Gasteiger partial charge in [-0.1, -0.05) is 11.6 Å². The molecule has 0 bridgehead atoms. The van der Waals surface area contributed by atoms with Crippen LogP contribution in [0, 0.1) is 0 Å². The molecule has 0 radical (unpaired) electrons. The zero-order valence-electron chi connectivity index (χ0n) is 10.3. The first-order valence-electron chi connectivity index (χ1n) is 5.52. The van der Waals surface area contributed by atoms with Crippen LogP contribution in [0.3, 0.4) is 0 Å². The third-order valence-electron chi connectivity index (χ3n) is 2.19. The Labute approximate surface area is 107 Å². The van der Waals surface area contributed by atoms with E-state index in [1.807, 2.05) is 13.8 Å². The van der Waals surface area contributed by atoms with Crippen molar-refractivity contribution < 1.29 is 4.79 Å². The molecule has 0 fully saturated rings. The second-order valence-electron chi connectivity index (χ2n) is 4.27. The number of nitrogens with two attached hydrogens (primary N) is 1. The molecule has 1 unspecified atom stereocenters. The zero-order valence-corrected chi connectivity index (χ0v) is 11.0. The van der Waals surface area contributed by atoms with E-state index in [1.165, 1.54) is 0 Å². The van der Waals surface area contributed by atoms with Crippen molar-refractivity contribution in [1.82, 2.24) is 5.32 Å². The van der Waals surface area contributed by atoms with Crippen LogP contribution < -0.4 is 16.4 Å². The quantitative estimate of drug-likeness (QED) is 0.723. The van der Waals surface area contributed by atoms with Crippen LogP contribution in [-0.4, -0.2) is 18.0 Å². The van der Waals surface area contributed by atoms with Gasteiger partial charge >= 0.3 is 0 Å². The van der Waals surface area contributed by atoms with Gasteiger partial charge in [-0.05, 0) is 39.0 Å². The van der Waals surface area contributed by atoms with Gasteiger partial charge < -0.3 is 16.4 Å². The Balaban J connectivity index is 2.67. The van der Waals surface area contributed by atoms with Crippen molar-refractivity contribution in [2.24, 2.45) is 0 Å². The smallest absolute Gasteiger partial charge is 0.242 e. The third-order valence-corrected chi connectivity index (χ3v) is 2.50. The molecule has 1 amide bonds. The molecule has 5 heteroatoms. The topological polar surface area (TPSA) is 67.2 Å². The van der Waals surface area contributed by atoms with E-state index in [2.05, 4.69) is 10.6 Å². The molecule has 0 saturated heterocycles. The van der Waals surface area contributed by atoms with E-state index in [9.17, 15) is 4.79 Å². The Kier molecular flexibility index (Phi) is 4.63. The van der Waals surface area contributed by atoms with Gasteiger partial charge in [0.25, 0.3) is 0 Å². The summed E-state index contributed by atoms with van der Waals surface area (Å²) in [7, 11) is 0. The first-order chi connectivity index (χ1) is 7.90. The van der Waals surface area contributed by atoms with E-state index in [0.29, 0.717) is 16.4 Å². The molecule has 4 nitrogen and oxygen atoms in total. The van der Waals surface area contributed by atoms with Crippen LogP contribution >= 0.6 is 11.6 Å². The summed E-state index contributed by atoms with van der Waals surface area (Å²) in [6.07, 6.45) is 0. The lowest BCUT2D eigenvalue weighted by Crippen LogP contribution is -2.41. The summed E-state index contributed by atoms with van der Waals surface area (Å²) in [4.78, 5) is 11.7. The number of hydrogen-bond donors (Lipinski definition) is 3. The van der Waals surface area contributed by atoms with Crippen LogP contribution in [-0.2, 0) is 4.79 Å². The van der Waals surface area contributed by atoms with E-state index in [4.69, 9.17) is 17.3 Å². The Bertz CT molecular complexity index is 407. The Morgan fingerprint density at radius 3 is 2.53 bits per heavy atom. The molecule has 0 aliphatic heterocycles. The maximum atomic E-state index is 11.7. The zero-order chi connectivity index (χ0) is 13.0. The highest BCUT2D eigenvalue weighted by Gasteiger charge is 2.14. The lowest BCUT2D eigenvalue weighted by molar-refractivity contribution is -0.122. The Morgan fingerprint density at radius 1 is 1.35 bits per heavy atom. The monoisotopic (exact) mass is 255 g/mol. The van der Waals surface area contributed by atoms with Gasteiger partial charge in [0.15, 0.2) is 0 Å². The molecular weight excluding hydrogens is 238 g/mol. The maximum absolute atomic E-state index is 11.7. The molecule has 4 N–H and O–H groups in total. The largest absolute Gasteiger partial charge is 0.399 e. The first kappa shape index (κ1) is 13.6. The molecule has 0 aromatic heterocycles. The van der Waals surface area contributed by atoms with Gasteiger partial charge in [0.05, 0.1) is 10.7 Å². The standard InChI is InChI=1S/C12H18ClN3O/c1-7(2)15-12(17)8(3)16-11-5-4-9(14)6-10(11)13/h4-8,16H,14H2,1-3H3,(H,15,17). The van der Waals surface area contributed by atoms with Gasteiger partial charge in [-0.25, -0.2) is 0 Å². The number of benzene rings is 1. The molecule has 17 heavy (non-hydrogen) atoms. The number of hydrogen-bond acceptors (Lipinski definition) is 3. The fourth-order valence-electron chi connectivity index (χ4n) is 1.36. The fourth-order valence-corrected chi connectivity index (χ4v) is 1.60. The minimum Gasteiger partial charge on any atom is -0.399 e. The van der Waals surface area contributed by atoms with Crippen molar-refractivity contribution in [3.05, 3.63) is 23.2 Å². The second kappa shape index (κ2) is 5.77. The van der Waals surface area contributed by atoms with Crippen LogP contribution in [0.15, 0.2) is 18.2 Å². The van der Waals surface area contributed by atoms with Crippen molar-refractivity contribution in [1.29, 1.82) is 0 Å². The van der Waals surface area contributed by atoms with Crippen molar-refractivity contribution in [2.75, 3.05) is 11.1 Å². The molecule has 0 aliphatic carbocycles. The van der Waals surface area contributed by atoms with Crippen LogP contribution in [0.1, 0.15) is 20.8 Å².